The molecule has 10 heteroatoms. The van der Waals surface area contributed by atoms with Crippen LogP contribution in [0.25, 0.3) is 0 Å². The molecule has 2 aliphatic rings. The quantitative estimate of drug-likeness (QED) is 0.616. The van der Waals surface area contributed by atoms with Gasteiger partial charge in [-0.1, -0.05) is 11.6 Å². The molecule has 1 saturated heterocycles. The molecule has 1 aromatic heterocycles. The maximum atomic E-state index is 12.7. The number of aromatic nitrogens is 2. The molecule has 0 unspecified atom stereocenters. The molecule has 2 heterocycles. The van der Waals surface area contributed by atoms with E-state index in [1.807, 2.05) is 12.1 Å². The van der Waals surface area contributed by atoms with Crippen LogP contribution in [0.2, 0.25) is 5.02 Å². The Bertz CT molecular complexity index is 1010. The van der Waals surface area contributed by atoms with E-state index in [1.54, 1.807) is 24.3 Å². The van der Waals surface area contributed by atoms with Gasteiger partial charge in [0.2, 0.25) is 5.91 Å². The summed E-state index contributed by atoms with van der Waals surface area (Å²) in [6.45, 7) is 4.30. The molecule has 0 radical (unpaired) electrons. The number of halogens is 1. The van der Waals surface area contributed by atoms with E-state index >= 15 is 0 Å². The Morgan fingerprint density at radius 3 is 2.53 bits per heavy atom. The van der Waals surface area contributed by atoms with Gasteiger partial charge in [-0.15, -0.1) is 10.2 Å². The highest BCUT2D eigenvalue weighted by molar-refractivity contribution is 6.31. The molecule has 34 heavy (non-hydrogen) atoms. The predicted molar refractivity (Wildman–Crippen MR) is 129 cm³/mol. The van der Waals surface area contributed by atoms with E-state index in [9.17, 15) is 4.79 Å². The van der Waals surface area contributed by atoms with Crippen LogP contribution in [0.3, 0.4) is 0 Å². The van der Waals surface area contributed by atoms with Gasteiger partial charge in [0.05, 0.1) is 23.3 Å². The molecule has 0 bridgehead atoms. The Morgan fingerprint density at radius 2 is 1.91 bits per heavy atom. The summed E-state index contributed by atoms with van der Waals surface area (Å²) in [5.74, 6) is 1.76. The molecule has 2 fully saturated rings. The van der Waals surface area contributed by atoms with Crippen LogP contribution >= 0.6 is 11.6 Å². The van der Waals surface area contributed by atoms with Gasteiger partial charge in [-0.25, -0.2) is 0 Å². The first-order valence-electron chi connectivity index (χ1n) is 11.6. The third kappa shape index (κ3) is 6.14. The highest BCUT2D eigenvalue weighted by atomic mass is 35.5. The Morgan fingerprint density at radius 1 is 1.15 bits per heavy atom. The highest BCUT2D eigenvalue weighted by Gasteiger charge is 2.28. The van der Waals surface area contributed by atoms with E-state index in [4.69, 9.17) is 26.7 Å². The molecule has 2 N–H and O–H groups in total. The first-order chi connectivity index (χ1) is 16.6. The van der Waals surface area contributed by atoms with Crippen molar-refractivity contribution in [3.05, 3.63) is 40.9 Å². The number of carbonyl (C=O) groups is 1. The molecule has 9 nitrogen and oxygen atoms in total. The van der Waals surface area contributed by atoms with E-state index in [1.165, 1.54) is 0 Å². The van der Waals surface area contributed by atoms with Gasteiger partial charge in [0.15, 0.2) is 11.6 Å². The topological polar surface area (TPSA) is 115 Å². The fourth-order valence-electron chi connectivity index (χ4n) is 4.43. The molecule has 1 aliphatic carbocycles. The molecule has 0 atom stereocenters. The third-order valence-corrected chi connectivity index (χ3v) is 6.74. The number of nitriles is 1. The van der Waals surface area contributed by atoms with Crippen LogP contribution in [0, 0.1) is 17.2 Å². The van der Waals surface area contributed by atoms with Crippen LogP contribution in [0.5, 0.6) is 5.75 Å². The van der Waals surface area contributed by atoms with E-state index in [2.05, 4.69) is 25.3 Å². The summed E-state index contributed by atoms with van der Waals surface area (Å²) in [5, 5.41) is 29.8. The summed E-state index contributed by atoms with van der Waals surface area (Å²) in [6.07, 6.45) is 3.00. The zero-order valence-corrected chi connectivity index (χ0v) is 19.7. The summed E-state index contributed by atoms with van der Waals surface area (Å²) in [7, 11) is 0. The minimum atomic E-state index is -0.0921. The van der Waals surface area contributed by atoms with Crippen LogP contribution in [-0.4, -0.2) is 71.5 Å². The van der Waals surface area contributed by atoms with Crippen molar-refractivity contribution in [3.8, 4) is 11.8 Å². The summed E-state index contributed by atoms with van der Waals surface area (Å²) in [5.41, 5.74) is 0.422. The second kappa shape index (κ2) is 11.5. The molecule has 4 rings (SSSR count). The summed E-state index contributed by atoms with van der Waals surface area (Å²) < 4.78 is 6.00. The van der Waals surface area contributed by atoms with Crippen LogP contribution in [-0.2, 0) is 4.79 Å². The zero-order valence-electron chi connectivity index (χ0n) is 19.0. The van der Waals surface area contributed by atoms with Crippen molar-refractivity contribution in [2.45, 2.75) is 31.8 Å². The first kappa shape index (κ1) is 24.2. The van der Waals surface area contributed by atoms with Gasteiger partial charge >= 0.3 is 0 Å². The van der Waals surface area contributed by atoms with Crippen molar-refractivity contribution in [3.63, 3.8) is 0 Å². The Balaban J connectivity index is 1.22. The lowest BCUT2D eigenvalue weighted by Crippen LogP contribution is -2.47. The monoisotopic (exact) mass is 484 g/mol. The lowest BCUT2D eigenvalue weighted by atomic mass is 9.86. The van der Waals surface area contributed by atoms with Gasteiger partial charge in [0, 0.05) is 44.7 Å². The minimum absolute atomic E-state index is 0.0185. The van der Waals surface area contributed by atoms with Crippen molar-refractivity contribution in [1.29, 1.82) is 5.26 Å². The number of nitrogens with zero attached hydrogens (tertiary/aromatic N) is 5. The minimum Gasteiger partial charge on any atom is -0.490 e. The van der Waals surface area contributed by atoms with Gasteiger partial charge < -0.3 is 20.1 Å². The summed E-state index contributed by atoms with van der Waals surface area (Å²) in [4.78, 5) is 17.1. The maximum Gasteiger partial charge on any atom is 0.228 e. The number of amides is 1. The number of hydrogen-bond acceptors (Lipinski definition) is 8. The van der Waals surface area contributed by atoms with Crippen LogP contribution < -0.4 is 15.0 Å². The smallest absolute Gasteiger partial charge is 0.228 e. The largest absolute Gasteiger partial charge is 0.490 e. The fourth-order valence-corrected chi connectivity index (χ4v) is 4.64. The van der Waals surface area contributed by atoms with E-state index in [-0.39, 0.29) is 24.5 Å². The summed E-state index contributed by atoms with van der Waals surface area (Å²) >= 11 is 6.08. The van der Waals surface area contributed by atoms with E-state index in [0.29, 0.717) is 28.7 Å². The number of aliphatic hydroxyl groups excluding tert-OH is 1. The number of hydrogen-bond donors (Lipinski definition) is 2. The van der Waals surface area contributed by atoms with Crippen LogP contribution in [0.1, 0.15) is 31.2 Å². The number of aliphatic hydroxyl groups is 1. The second-order valence-electron chi connectivity index (χ2n) is 8.66. The molecular formula is C24H29ClN6O3. The predicted octanol–water partition coefficient (Wildman–Crippen LogP) is 2.69. The average Bonchev–Trinajstić information content (AvgIpc) is 2.86. The molecule has 2 aromatic rings. The molecule has 0 spiro atoms. The number of benzene rings is 1. The van der Waals surface area contributed by atoms with Gasteiger partial charge in [-0.3, -0.25) is 9.69 Å². The van der Waals surface area contributed by atoms with Gasteiger partial charge in [0.1, 0.15) is 11.8 Å². The Kier molecular flexibility index (Phi) is 8.16. The van der Waals surface area contributed by atoms with Crippen molar-refractivity contribution in [1.82, 2.24) is 15.1 Å². The highest BCUT2D eigenvalue weighted by Crippen LogP contribution is 2.30. The number of rotatable bonds is 7. The lowest BCUT2D eigenvalue weighted by molar-refractivity contribution is -0.121. The standard InChI is InChI=1S/C24H29ClN6O3/c25-21-15-20(6-3-18(21)16-26)34-19-4-1-17(2-5-19)24(33)27-22-7-8-23(29-28-22)31-11-9-30(10-12-31)13-14-32/h3,6-8,15,17,19,32H,1-2,4-5,9-14H2,(H,27,28,33). The fraction of sp³-hybridized carbons (Fsp3) is 0.500. The SMILES string of the molecule is N#Cc1ccc(OC2CCC(C(=O)Nc3ccc(N4CCN(CCO)CC4)nn3)CC2)cc1Cl. The normalized spacial score (nSPS) is 21.0. The molecule has 1 aromatic carbocycles. The number of ether oxygens (including phenoxy) is 1. The molecule has 1 amide bonds. The van der Waals surface area contributed by atoms with Crippen LogP contribution in [0.4, 0.5) is 11.6 Å². The number of nitrogens with one attached hydrogen (secondary N) is 1. The van der Waals surface area contributed by atoms with Crippen molar-refractivity contribution in [2.24, 2.45) is 5.92 Å². The Hall–Kier alpha value is -2.93. The van der Waals surface area contributed by atoms with Crippen molar-refractivity contribution in [2.75, 3.05) is 49.5 Å². The maximum absolute atomic E-state index is 12.7. The van der Waals surface area contributed by atoms with E-state index in [0.717, 1.165) is 57.7 Å². The van der Waals surface area contributed by atoms with Crippen LogP contribution in [0.15, 0.2) is 30.3 Å². The number of carbonyl (C=O) groups excluding carboxylic acids is 1. The lowest BCUT2D eigenvalue weighted by Gasteiger charge is -2.34. The molecular weight excluding hydrogens is 456 g/mol. The number of anilines is 2. The van der Waals surface area contributed by atoms with Crippen molar-refractivity contribution < 1.29 is 14.6 Å². The Labute approximate surface area is 204 Å². The first-order valence-corrected chi connectivity index (χ1v) is 12.0. The second-order valence-corrected chi connectivity index (χ2v) is 9.07. The van der Waals surface area contributed by atoms with Gasteiger partial charge in [0.25, 0.3) is 0 Å². The van der Waals surface area contributed by atoms with Gasteiger partial charge in [-0.05, 0) is 49.9 Å². The van der Waals surface area contributed by atoms with Crippen molar-refractivity contribution >= 4 is 29.1 Å². The van der Waals surface area contributed by atoms with E-state index < -0.39 is 0 Å². The molecule has 1 saturated carbocycles. The average molecular weight is 485 g/mol. The number of piperazine rings is 1. The molecule has 1 aliphatic heterocycles. The molecule has 180 valence electrons. The number of β-amino-alcohol motifs (C(OH)–C–C–N with tert-alkyl or cyclic N) is 1. The third-order valence-electron chi connectivity index (χ3n) is 6.42. The van der Waals surface area contributed by atoms with Gasteiger partial charge in [-0.2, -0.15) is 5.26 Å². The summed E-state index contributed by atoms with van der Waals surface area (Å²) in [6, 6.07) is 10.8. The zero-order chi connectivity index (χ0) is 23.9.